The summed E-state index contributed by atoms with van der Waals surface area (Å²) in [5, 5.41) is 4.30. The molecular weight excluding hydrogens is 312 g/mol. The Hall–Kier alpha value is -1.70. The molecule has 1 fully saturated rings. The first-order valence-electron chi connectivity index (χ1n) is 7.96. The van der Waals surface area contributed by atoms with Gasteiger partial charge >= 0.3 is 0 Å². The Morgan fingerprint density at radius 3 is 2.91 bits per heavy atom. The van der Waals surface area contributed by atoms with E-state index in [0.29, 0.717) is 26.3 Å². The Morgan fingerprint density at radius 2 is 2.13 bits per heavy atom. The lowest BCUT2D eigenvalue weighted by Gasteiger charge is -2.30. The third-order valence-electron chi connectivity index (χ3n) is 4.45. The number of carbonyl (C=O) groups excluding carboxylic acids is 1. The van der Waals surface area contributed by atoms with Crippen molar-refractivity contribution in [2.24, 2.45) is 0 Å². The molecule has 0 aliphatic carbocycles. The first kappa shape index (κ1) is 14.9. The van der Waals surface area contributed by atoms with Gasteiger partial charge in [0.2, 0.25) is 0 Å². The van der Waals surface area contributed by atoms with Crippen LogP contribution in [0.3, 0.4) is 0 Å². The second kappa shape index (κ2) is 6.43. The smallest absolute Gasteiger partial charge is 0.272 e. The summed E-state index contributed by atoms with van der Waals surface area (Å²) in [7, 11) is 0. The third kappa shape index (κ3) is 3.04. The van der Waals surface area contributed by atoms with Gasteiger partial charge in [-0.2, -0.15) is 11.3 Å². The van der Waals surface area contributed by atoms with E-state index in [1.54, 1.807) is 17.5 Å². The Bertz CT molecular complexity index is 676. The molecule has 0 saturated carbocycles. The predicted octanol–water partition coefficient (Wildman–Crippen LogP) is 1.43. The van der Waals surface area contributed by atoms with Crippen LogP contribution in [0.4, 0.5) is 0 Å². The van der Waals surface area contributed by atoms with Crippen LogP contribution in [-0.4, -0.2) is 58.1 Å². The van der Waals surface area contributed by atoms with E-state index in [9.17, 15) is 4.79 Å². The normalized spacial score (nSPS) is 18.9. The maximum absolute atomic E-state index is 12.7. The average molecular weight is 332 g/mol. The molecule has 2 aromatic heterocycles. The van der Waals surface area contributed by atoms with E-state index in [0.717, 1.165) is 37.7 Å². The molecule has 1 saturated heterocycles. The molecule has 2 aliphatic heterocycles. The maximum Gasteiger partial charge on any atom is 0.272 e. The standard InChI is InChI=1S/C16H20N4O2S/c21-16(19-4-6-22-7-5-19)14-9-17-15-11-18(2-3-20(14)15)10-13-1-8-23-12-13/h1,8-9,12H,2-7,10-11H2. The van der Waals surface area contributed by atoms with Crippen molar-refractivity contribution in [3.05, 3.63) is 40.1 Å². The maximum atomic E-state index is 12.7. The molecule has 0 atom stereocenters. The van der Waals surface area contributed by atoms with Crippen molar-refractivity contribution in [1.29, 1.82) is 0 Å². The SMILES string of the molecule is O=C(c1cnc2n1CCN(Cc1ccsc1)C2)N1CCOCC1. The Labute approximate surface area is 139 Å². The fourth-order valence-corrected chi connectivity index (χ4v) is 3.84. The van der Waals surface area contributed by atoms with E-state index in [2.05, 4.69) is 31.3 Å². The summed E-state index contributed by atoms with van der Waals surface area (Å²) in [6.07, 6.45) is 1.74. The summed E-state index contributed by atoms with van der Waals surface area (Å²) in [6.45, 7) is 6.11. The van der Waals surface area contributed by atoms with Crippen molar-refractivity contribution >= 4 is 17.2 Å². The number of morpholine rings is 1. The lowest BCUT2D eigenvalue weighted by Crippen LogP contribution is -2.42. The van der Waals surface area contributed by atoms with Gasteiger partial charge < -0.3 is 14.2 Å². The summed E-state index contributed by atoms with van der Waals surface area (Å²) in [4.78, 5) is 21.4. The van der Waals surface area contributed by atoms with Crippen LogP contribution >= 0.6 is 11.3 Å². The number of carbonyl (C=O) groups is 1. The number of ether oxygens (including phenoxy) is 1. The Kier molecular flexibility index (Phi) is 4.15. The van der Waals surface area contributed by atoms with Gasteiger partial charge in [-0.15, -0.1) is 0 Å². The summed E-state index contributed by atoms with van der Waals surface area (Å²) in [6, 6.07) is 2.17. The summed E-state index contributed by atoms with van der Waals surface area (Å²) in [5.41, 5.74) is 2.07. The van der Waals surface area contributed by atoms with Crippen LogP contribution in [0.25, 0.3) is 0 Å². The molecular formula is C16H20N4O2S. The van der Waals surface area contributed by atoms with E-state index in [-0.39, 0.29) is 5.91 Å². The molecule has 0 spiro atoms. The molecule has 0 unspecified atom stereocenters. The molecule has 0 N–H and O–H groups in total. The topological polar surface area (TPSA) is 50.6 Å². The van der Waals surface area contributed by atoms with Crippen LogP contribution in [-0.2, 0) is 24.4 Å². The number of fused-ring (bicyclic) bond motifs is 1. The largest absolute Gasteiger partial charge is 0.378 e. The highest BCUT2D eigenvalue weighted by molar-refractivity contribution is 7.07. The molecule has 2 aromatic rings. The number of amides is 1. The minimum Gasteiger partial charge on any atom is -0.378 e. The van der Waals surface area contributed by atoms with Gasteiger partial charge in [0.05, 0.1) is 26.0 Å². The molecule has 122 valence electrons. The first-order chi connectivity index (χ1) is 11.3. The number of nitrogens with zero attached hydrogens (tertiary/aromatic N) is 4. The molecule has 4 heterocycles. The van der Waals surface area contributed by atoms with Crippen LogP contribution in [0, 0.1) is 0 Å². The molecule has 23 heavy (non-hydrogen) atoms. The fourth-order valence-electron chi connectivity index (χ4n) is 3.19. The van der Waals surface area contributed by atoms with E-state index >= 15 is 0 Å². The number of hydrogen-bond acceptors (Lipinski definition) is 5. The number of rotatable bonds is 3. The van der Waals surface area contributed by atoms with Gasteiger partial charge in [0, 0.05) is 32.7 Å². The van der Waals surface area contributed by atoms with E-state index in [1.165, 1.54) is 5.56 Å². The highest BCUT2D eigenvalue weighted by Gasteiger charge is 2.26. The summed E-state index contributed by atoms with van der Waals surface area (Å²) >= 11 is 1.73. The third-order valence-corrected chi connectivity index (χ3v) is 5.18. The summed E-state index contributed by atoms with van der Waals surface area (Å²) in [5.74, 6) is 1.07. The lowest BCUT2D eigenvalue weighted by molar-refractivity contribution is 0.0294. The van der Waals surface area contributed by atoms with Gasteiger partial charge in [-0.1, -0.05) is 0 Å². The average Bonchev–Trinajstić information content (AvgIpc) is 3.24. The van der Waals surface area contributed by atoms with Crippen LogP contribution in [0.5, 0.6) is 0 Å². The van der Waals surface area contributed by atoms with Crippen molar-refractivity contribution < 1.29 is 9.53 Å². The van der Waals surface area contributed by atoms with Crippen molar-refractivity contribution in [2.45, 2.75) is 19.6 Å². The van der Waals surface area contributed by atoms with Gasteiger partial charge in [0.25, 0.3) is 5.91 Å². The second-order valence-corrected chi connectivity index (χ2v) is 6.74. The number of thiophene rings is 1. The molecule has 2 aliphatic rings. The number of imidazole rings is 1. The quantitative estimate of drug-likeness (QED) is 0.853. The molecule has 6 nitrogen and oxygen atoms in total. The molecule has 0 aromatic carbocycles. The van der Waals surface area contributed by atoms with Gasteiger partial charge in [0.1, 0.15) is 11.5 Å². The lowest BCUT2D eigenvalue weighted by atomic mass is 10.2. The molecule has 0 radical (unpaired) electrons. The van der Waals surface area contributed by atoms with Gasteiger partial charge in [0.15, 0.2) is 0 Å². The predicted molar refractivity (Wildman–Crippen MR) is 87.4 cm³/mol. The van der Waals surface area contributed by atoms with Gasteiger partial charge in [-0.3, -0.25) is 9.69 Å². The highest BCUT2D eigenvalue weighted by Crippen LogP contribution is 2.19. The van der Waals surface area contributed by atoms with Crippen LogP contribution < -0.4 is 0 Å². The van der Waals surface area contributed by atoms with Crippen molar-refractivity contribution in [2.75, 3.05) is 32.8 Å². The van der Waals surface area contributed by atoms with E-state index in [4.69, 9.17) is 4.74 Å². The van der Waals surface area contributed by atoms with Gasteiger partial charge in [-0.25, -0.2) is 4.98 Å². The first-order valence-corrected chi connectivity index (χ1v) is 8.90. The summed E-state index contributed by atoms with van der Waals surface area (Å²) < 4.78 is 7.41. The van der Waals surface area contributed by atoms with Crippen molar-refractivity contribution in [1.82, 2.24) is 19.4 Å². The Morgan fingerprint density at radius 1 is 1.26 bits per heavy atom. The van der Waals surface area contributed by atoms with E-state index in [1.807, 2.05) is 4.90 Å². The Balaban J connectivity index is 1.47. The highest BCUT2D eigenvalue weighted by atomic mass is 32.1. The minimum atomic E-state index is 0.0818. The fraction of sp³-hybridized carbons (Fsp3) is 0.500. The second-order valence-electron chi connectivity index (χ2n) is 5.96. The molecule has 0 bridgehead atoms. The van der Waals surface area contributed by atoms with Crippen molar-refractivity contribution in [3.8, 4) is 0 Å². The minimum absolute atomic E-state index is 0.0818. The zero-order chi connectivity index (χ0) is 15.6. The van der Waals surface area contributed by atoms with E-state index < -0.39 is 0 Å². The zero-order valence-corrected chi connectivity index (χ0v) is 13.8. The van der Waals surface area contributed by atoms with Crippen molar-refractivity contribution in [3.63, 3.8) is 0 Å². The number of aromatic nitrogens is 2. The molecule has 1 amide bonds. The van der Waals surface area contributed by atoms with Crippen LogP contribution in [0.2, 0.25) is 0 Å². The molecule has 4 rings (SSSR count). The molecule has 7 heteroatoms. The number of hydrogen-bond donors (Lipinski definition) is 0. The van der Waals surface area contributed by atoms with Crippen LogP contribution in [0.15, 0.2) is 23.0 Å². The zero-order valence-electron chi connectivity index (χ0n) is 13.0. The van der Waals surface area contributed by atoms with Gasteiger partial charge in [-0.05, 0) is 22.4 Å². The monoisotopic (exact) mass is 332 g/mol. The van der Waals surface area contributed by atoms with Crippen LogP contribution in [0.1, 0.15) is 21.9 Å².